The summed E-state index contributed by atoms with van der Waals surface area (Å²) in [4.78, 5) is 1.36. The molecule has 1 rings (SSSR count). The van der Waals surface area contributed by atoms with Gasteiger partial charge in [0, 0.05) is 18.6 Å². The number of nitrogens with zero attached hydrogens (tertiary/aromatic N) is 2. The molecule has 0 aromatic rings. The van der Waals surface area contributed by atoms with Crippen molar-refractivity contribution in [2.75, 3.05) is 13.1 Å². The molecule has 98 valence electrons. The second-order valence-corrected chi connectivity index (χ2v) is 4.78. The highest BCUT2D eigenvalue weighted by molar-refractivity contribution is 4.96. The highest BCUT2D eigenvalue weighted by Gasteiger charge is 2.38. The summed E-state index contributed by atoms with van der Waals surface area (Å²) in [5, 5.41) is 11.9. The van der Waals surface area contributed by atoms with Gasteiger partial charge in [0.2, 0.25) is 0 Å². The number of nitrogens with one attached hydrogen (secondary N) is 1. The molecule has 0 aliphatic heterocycles. The van der Waals surface area contributed by atoms with Gasteiger partial charge < -0.3 is 0 Å². The predicted octanol–water partition coefficient (Wildman–Crippen LogP) is 1.90. The van der Waals surface area contributed by atoms with Crippen LogP contribution in [0.1, 0.15) is 26.7 Å². The fourth-order valence-corrected chi connectivity index (χ4v) is 1.78. The van der Waals surface area contributed by atoms with Crippen molar-refractivity contribution in [3.8, 4) is 6.07 Å². The lowest BCUT2D eigenvalue weighted by Gasteiger charge is -2.26. The van der Waals surface area contributed by atoms with E-state index in [0.717, 1.165) is 12.8 Å². The summed E-state index contributed by atoms with van der Waals surface area (Å²) in [5.74, 6) is 0. The third kappa shape index (κ3) is 5.89. The molecule has 17 heavy (non-hydrogen) atoms. The van der Waals surface area contributed by atoms with Crippen LogP contribution in [0.4, 0.5) is 13.2 Å². The van der Waals surface area contributed by atoms with Crippen molar-refractivity contribution >= 4 is 0 Å². The molecule has 1 aliphatic carbocycles. The third-order valence-corrected chi connectivity index (χ3v) is 2.55. The third-order valence-electron chi connectivity index (χ3n) is 2.55. The average molecular weight is 249 g/mol. The molecule has 0 amide bonds. The summed E-state index contributed by atoms with van der Waals surface area (Å²) in [7, 11) is 0. The van der Waals surface area contributed by atoms with E-state index in [4.69, 9.17) is 5.26 Å². The second kappa shape index (κ2) is 5.69. The van der Waals surface area contributed by atoms with Crippen molar-refractivity contribution in [2.24, 2.45) is 0 Å². The molecular weight excluding hydrogens is 231 g/mol. The zero-order chi connectivity index (χ0) is 13.1. The van der Waals surface area contributed by atoms with E-state index in [1.165, 1.54) is 4.90 Å². The fraction of sp³-hybridized carbons (Fsp3) is 0.909. The Labute approximate surface area is 99.6 Å². The van der Waals surface area contributed by atoms with Gasteiger partial charge in [-0.25, -0.2) is 0 Å². The van der Waals surface area contributed by atoms with Crippen molar-refractivity contribution < 1.29 is 13.2 Å². The summed E-state index contributed by atoms with van der Waals surface area (Å²) in [6.07, 6.45) is -2.59. The molecule has 0 bridgehead atoms. The molecule has 0 heterocycles. The Bertz CT molecular complexity index is 279. The normalized spacial score (nSPS) is 18.5. The van der Waals surface area contributed by atoms with Gasteiger partial charge >= 0.3 is 6.18 Å². The van der Waals surface area contributed by atoms with Gasteiger partial charge in [0.25, 0.3) is 0 Å². The van der Waals surface area contributed by atoms with Crippen molar-refractivity contribution in [1.29, 1.82) is 5.26 Å². The molecule has 0 spiro atoms. The number of rotatable bonds is 6. The molecule has 0 radical (unpaired) electrons. The molecule has 6 heteroatoms. The van der Waals surface area contributed by atoms with E-state index in [1.54, 1.807) is 0 Å². The molecule has 0 saturated heterocycles. The lowest BCUT2D eigenvalue weighted by atomic mass is 10.2. The van der Waals surface area contributed by atoms with Crippen LogP contribution in [-0.4, -0.2) is 42.3 Å². The first-order valence-corrected chi connectivity index (χ1v) is 5.78. The van der Waals surface area contributed by atoms with Gasteiger partial charge in [-0.3, -0.25) is 10.2 Å². The maximum Gasteiger partial charge on any atom is 0.401 e. The first-order valence-electron chi connectivity index (χ1n) is 5.78. The summed E-state index contributed by atoms with van der Waals surface area (Å²) in [6.45, 7) is 2.96. The largest absolute Gasteiger partial charge is 0.401 e. The SMILES string of the molecule is CC(C)NC(C#N)CN(CC(F)(F)F)C1CC1. The van der Waals surface area contributed by atoms with E-state index in [2.05, 4.69) is 5.32 Å². The number of nitriles is 1. The van der Waals surface area contributed by atoms with Crippen LogP contribution in [0.25, 0.3) is 0 Å². The molecule has 1 saturated carbocycles. The number of hydrogen-bond acceptors (Lipinski definition) is 3. The molecular formula is C11H18F3N3. The number of hydrogen-bond donors (Lipinski definition) is 1. The van der Waals surface area contributed by atoms with E-state index >= 15 is 0 Å². The Kier molecular flexibility index (Phi) is 4.78. The van der Waals surface area contributed by atoms with Gasteiger partial charge in [-0.05, 0) is 26.7 Å². The predicted molar refractivity (Wildman–Crippen MR) is 58.3 cm³/mol. The minimum absolute atomic E-state index is 0.00133. The van der Waals surface area contributed by atoms with Gasteiger partial charge in [-0.15, -0.1) is 0 Å². The highest BCUT2D eigenvalue weighted by Crippen LogP contribution is 2.30. The maximum atomic E-state index is 12.4. The van der Waals surface area contributed by atoms with Gasteiger partial charge in [0.1, 0.15) is 6.04 Å². The second-order valence-electron chi connectivity index (χ2n) is 4.78. The lowest BCUT2D eigenvalue weighted by molar-refractivity contribution is -0.147. The molecule has 1 fully saturated rings. The first-order chi connectivity index (χ1) is 7.81. The van der Waals surface area contributed by atoms with Crippen LogP contribution in [0.15, 0.2) is 0 Å². The lowest BCUT2D eigenvalue weighted by Crippen LogP contribution is -2.46. The molecule has 0 aromatic heterocycles. The molecule has 1 unspecified atom stereocenters. The van der Waals surface area contributed by atoms with Crippen LogP contribution in [0.2, 0.25) is 0 Å². The Hall–Kier alpha value is -0.800. The minimum Gasteiger partial charge on any atom is -0.299 e. The average Bonchev–Trinajstić information content (AvgIpc) is 2.95. The van der Waals surface area contributed by atoms with Crippen LogP contribution in [0.5, 0.6) is 0 Å². The molecule has 1 N–H and O–H groups in total. The summed E-state index contributed by atoms with van der Waals surface area (Å²) >= 11 is 0. The zero-order valence-corrected chi connectivity index (χ0v) is 10.1. The molecule has 1 aliphatic rings. The smallest absolute Gasteiger partial charge is 0.299 e. The Morgan fingerprint density at radius 2 is 2.00 bits per heavy atom. The van der Waals surface area contributed by atoms with Crippen molar-refractivity contribution in [1.82, 2.24) is 10.2 Å². The number of halogens is 3. The van der Waals surface area contributed by atoms with Gasteiger partial charge in [0.15, 0.2) is 0 Å². The first kappa shape index (κ1) is 14.3. The van der Waals surface area contributed by atoms with Crippen LogP contribution in [-0.2, 0) is 0 Å². The minimum atomic E-state index is -4.19. The summed E-state index contributed by atoms with van der Waals surface area (Å²) < 4.78 is 37.1. The van der Waals surface area contributed by atoms with E-state index in [0.29, 0.717) is 0 Å². The van der Waals surface area contributed by atoms with E-state index in [-0.39, 0.29) is 18.6 Å². The molecule has 1 atom stereocenters. The van der Waals surface area contributed by atoms with Crippen LogP contribution >= 0.6 is 0 Å². The van der Waals surface area contributed by atoms with E-state index < -0.39 is 18.8 Å². The Morgan fingerprint density at radius 1 is 1.41 bits per heavy atom. The van der Waals surface area contributed by atoms with Crippen molar-refractivity contribution in [2.45, 2.75) is 51.0 Å². The molecule has 3 nitrogen and oxygen atoms in total. The van der Waals surface area contributed by atoms with Crippen LogP contribution < -0.4 is 5.32 Å². The molecule has 0 aromatic carbocycles. The van der Waals surface area contributed by atoms with Crippen molar-refractivity contribution in [3.63, 3.8) is 0 Å². The van der Waals surface area contributed by atoms with Crippen LogP contribution in [0, 0.1) is 11.3 Å². The van der Waals surface area contributed by atoms with Gasteiger partial charge in [-0.1, -0.05) is 0 Å². The van der Waals surface area contributed by atoms with E-state index in [1.807, 2.05) is 19.9 Å². The van der Waals surface area contributed by atoms with Crippen molar-refractivity contribution in [3.05, 3.63) is 0 Å². The van der Waals surface area contributed by atoms with Gasteiger partial charge in [-0.2, -0.15) is 18.4 Å². The van der Waals surface area contributed by atoms with E-state index in [9.17, 15) is 13.2 Å². The standard InChI is InChI=1S/C11H18F3N3/c1-8(2)16-9(5-15)6-17(10-3-4-10)7-11(12,13)14/h8-10,16H,3-4,6-7H2,1-2H3. The van der Waals surface area contributed by atoms with Crippen LogP contribution in [0.3, 0.4) is 0 Å². The number of alkyl halides is 3. The zero-order valence-electron chi connectivity index (χ0n) is 10.1. The highest BCUT2D eigenvalue weighted by atomic mass is 19.4. The maximum absolute atomic E-state index is 12.4. The summed E-state index contributed by atoms with van der Waals surface area (Å²) in [5.41, 5.74) is 0. The van der Waals surface area contributed by atoms with Gasteiger partial charge in [0.05, 0.1) is 12.6 Å². The quantitative estimate of drug-likeness (QED) is 0.781. The Morgan fingerprint density at radius 3 is 2.35 bits per heavy atom. The summed E-state index contributed by atoms with van der Waals surface area (Å²) in [6, 6.07) is 1.56. The monoisotopic (exact) mass is 249 g/mol. The topological polar surface area (TPSA) is 39.1 Å². The Balaban J connectivity index is 2.50. The fourth-order valence-electron chi connectivity index (χ4n) is 1.78.